The number of hydrogen-bond donors (Lipinski definition) is 0. The molecule has 2 aromatic carbocycles. The predicted molar refractivity (Wildman–Crippen MR) is 111 cm³/mol. The molecule has 30 heavy (non-hydrogen) atoms. The topological polar surface area (TPSA) is 81.9 Å². The zero-order chi connectivity index (χ0) is 21.1. The summed E-state index contributed by atoms with van der Waals surface area (Å²) in [4.78, 5) is 26.1. The second-order valence-electron chi connectivity index (χ2n) is 6.77. The number of amides is 1. The maximum Gasteiger partial charge on any atom is 0.338 e. The minimum absolute atomic E-state index is 0.00653. The van der Waals surface area contributed by atoms with Crippen molar-refractivity contribution in [3.63, 3.8) is 0 Å². The number of para-hydroxylation sites is 1. The molecular formula is C22H19ClN2O5. The fourth-order valence-corrected chi connectivity index (χ4v) is 3.55. The molecule has 0 unspecified atom stereocenters. The Kier molecular flexibility index (Phi) is 5.72. The number of carbonyl (C=O) groups is 2. The fraction of sp³-hybridized carbons (Fsp3) is 0.227. The van der Waals surface area contributed by atoms with E-state index in [1.165, 1.54) is 0 Å². The first-order valence-electron chi connectivity index (χ1n) is 9.43. The van der Waals surface area contributed by atoms with E-state index in [-0.39, 0.29) is 12.5 Å². The lowest BCUT2D eigenvalue weighted by molar-refractivity contribution is -0.117. The number of ether oxygens (including phenoxy) is 2. The van der Waals surface area contributed by atoms with E-state index in [2.05, 4.69) is 5.16 Å². The molecular weight excluding hydrogens is 408 g/mol. The predicted octanol–water partition coefficient (Wildman–Crippen LogP) is 4.49. The van der Waals surface area contributed by atoms with Gasteiger partial charge < -0.3 is 18.9 Å². The Morgan fingerprint density at radius 3 is 2.83 bits per heavy atom. The van der Waals surface area contributed by atoms with Crippen LogP contribution in [0.1, 0.15) is 29.0 Å². The van der Waals surface area contributed by atoms with Gasteiger partial charge >= 0.3 is 5.97 Å². The van der Waals surface area contributed by atoms with Crippen molar-refractivity contribution in [2.45, 2.75) is 19.4 Å². The molecule has 0 radical (unpaired) electrons. The molecule has 1 amide bonds. The fourth-order valence-electron chi connectivity index (χ4n) is 3.33. The van der Waals surface area contributed by atoms with Gasteiger partial charge in [-0.3, -0.25) is 4.79 Å². The molecule has 0 spiro atoms. The molecule has 2 heterocycles. The summed E-state index contributed by atoms with van der Waals surface area (Å²) < 4.78 is 16.0. The molecule has 0 N–H and O–H groups in total. The maximum absolute atomic E-state index is 12.5. The Balaban J connectivity index is 1.46. The van der Waals surface area contributed by atoms with E-state index in [9.17, 15) is 9.59 Å². The molecule has 1 saturated heterocycles. The van der Waals surface area contributed by atoms with Crippen LogP contribution in [-0.2, 0) is 16.1 Å². The molecule has 0 saturated carbocycles. The smallest absolute Gasteiger partial charge is 0.338 e. The van der Waals surface area contributed by atoms with E-state index >= 15 is 0 Å². The van der Waals surface area contributed by atoms with Gasteiger partial charge in [0.25, 0.3) is 0 Å². The van der Waals surface area contributed by atoms with Crippen molar-refractivity contribution in [1.82, 2.24) is 5.16 Å². The van der Waals surface area contributed by atoms with Crippen molar-refractivity contribution in [3.8, 4) is 17.0 Å². The Hall–Kier alpha value is -3.32. The average molecular weight is 427 g/mol. The second-order valence-corrected chi connectivity index (χ2v) is 7.18. The van der Waals surface area contributed by atoms with E-state index in [0.717, 1.165) is 12.0 Å². The van der Waals surface area contributed by atoms with Crippen LogP contribution < -0.4 is 9.64 Å². The summed E-state index contributed by atoms with van der Waals surface area (Å²) in [5.41, 5.74) is 2.18. The number of benzene rings is 2. The standard InChI is InChI=1S/C22H19ClN2O5/c1-28-20-6-3-2-5-16(20)18-12-15(30-24-18)13-29-22(27)14-8-9-17(23)19(11-14)25-10-4-7-21(25)26/h2-3,5-6,8-9,11-12H,4,7,10,13H2,1H3. The van der Waals surface area contributed by atoms with Gasteiger partial charge in [0.05, 0.1) is 23.4 Å². The highest BCUT2D eigenvalue weighted by atomic mass is 35.5. The van der Waals surface area contributed by atoms with E-state index in [4.69, 9.17) is 25.6 Å². The zero-order valence-corrected chi connectivity index (χ0v) is 17.0. The number of carbonyl (C=O) groups excluding carboxylic acids is 2. The quantitative estimate of drug-likeness (QED) is 0.540. The van der Waals surface area contributed by atoms with Crippen molar-refractivity contribution < 1.29 is 23.6 Å². The van der Waals surface area contributed by atoms with Gasteiger partial charge in [0.15, 0.2) is 12.4 Å². The van der Waals surface area contributed by atoms with Crippen LogP contribution in [0.3, 0.4) is 0 Å². The molecule has 7 nitrogen and oxygen atoms in total. The van der Waals surface area contributed by atoms with Gasteiger partial charge in [-0.2, -0.15) is 0 Å². The largest absolute Gasteiger partial charge is 0.496 e. The van der Waals surface area contributed by atoms with Gasteiger partial charge in [-0.05, 0) is 36.8 Å². The maximum atomic E-state index is 12.5. The molecule has 8 heteroatoms. The number of aromatic nitrogens is 1. The Morgan fingerprint density at radius 2 is 2.07 bits per heavy atom. The number of esters is 1. The summed E-state index contributed by atoms with van der Waals surface area (Å²) in [5.74, 6) is 0.510. The lowest BCUT2D eigenvalue weighted by atomic mass is 10.1. The third-order valence-corrected chi connectivity index (χ3v) is 5.15. The van der Waals surface area contributed by atoms with Crippen molar-refractivity contribution in [2.24, 2.45) is 0 Å². The van der Waals surface area contributed by atoms with E-state index in [0.29, 0.717) is 46.4 Å². The number of anilines is 1. The van der Waals surface area contributed by atoms with Crippen molar-refractivity contribution in [2.75, 3.05) is 18.6 Å². The lowest BCUT2D eigenvalue weighted by Gasteiger charge is -2.18. The molecule has 154 valence electrons. The van der Waals surface area contributed by atoms with Crippen molar-refractivity contribution in [1.29, 1.82) is 0 Å². The Labute approximate surface area is 178 Å². The molecule has 0 aliphatic carbocycles. The van der Waals surface area contributed by atoms with E-state index < -0.39 is 5.97 Å². The SMILES string of the molecule is COc1ccccc1-c1cc(COC(=O)c2ccc(Cl)c(N3CCCC3=O)c2)on1. The minimum atomic E-state index is -0.546. The van der Waals surface area contributed by atoms with E-state index in [1.807, 2.05) is 24.3 Å². The van der Waals surface area contributed by atoms with Gasteiger partial charge in [0.1, 0.15) is 11.4 Å². The van der Waals surface area contributed by atoms with Crippen molar-refractivity contribution in [3.05, 3.63) is 64.9 Å². The van der Waals surface area contributed by atoms with Gasteiger partial charge in [-0.15, -0.1) is 0 Å². The summed E-state index contributed by atoms with van der Waals surface area (Å²) in [6, 6.07) is 13.9. The van der Waals surface area contributed by atoms with Gasteiger partial charge in [-0.1, -0.05) is 28.9 Å². The van der Waals surface area contributed by atoms with Gasteiger partial charge in [0, 0.05) is 24.6 Å². The number of halogens is 1. The molecule has 0 bridgehead atoms. The monoisotopic (exact) mass is 426 g/mol. The summed E-state index contributed by atoms with van der Waals surface area (Å²) in [6.07, 6.45) is 1.24. The number of rotatable bonds is 6. The highest BCUT2D eigenvalue weighted by molar-refractivity contribution is 6.34. The minimum Gasteiger partial charge on any atom is -0.496 e. The molecule has 1 aromatic heterocycles. The number of methoxy groups -OCH3 is 1. The Bertz CT molecular complexity index is 1090. The van der Waals surface area contributed by atoms with Gasteiger partial charge in [0.2, 0.25) is 5.91 Å². The van der Waals surface area contributed by atoms with Crippen LogP contribution in [0.5, 0.6) is 5.75 Å². The molecule has 0 atom stereocenters. The van der Waals surface area contributed by atoms with Crippen LogP contribution >= 0.6 is 11.6 Å². The highest BCUT2D eigenvalue weighted by Crippen LogP contribution is 2.31. The van der Waals surface area contributed by atoms with Crippen LogP contribution in [0.4, 0.5) is 5.69 Å². The van der Waals surface area contributed by atoms with Crippen LogP contribution in [0.25, 0.3) is 11.3 Å². The third-order valence-electron chi connectivity index (χ3n) is 4.83. The first kappa shape index (κ1) is 20.0. The normalized spacial score (nSPS) is 13.5. The third kappa shape index (κ3) is 4.02. The zero-order valence-electron chi connectivity index (χ0n) is 16.3. The first-order chi connectivity index (χ1) is 14.6. The second kappa shape index (κ2) is 8.59. The summed E-state index contributed by atoms with van der Waals surface area (Å²) in [5, 5.41) is 4.44. The van der Waals surface area contributed by atoms with Crippen LogP contribution in [-0.4, -0.2) is 30.7 Å². The summed E-state index contributed by atoms with van der Waals surface area (Å²) in [6.45, 7) is 0.502. The Morgan fingerprint density at radius 1 is 1.23 bits per heavy atom. The highest BCUT2D eigenvalue weighted by Gasteiger charge is 2.25. The molecule has 1 aliphatic rings. The van der Waals surface area contributed by atoms with Gasteiger partial charge in [-0.25, -0.2) is 4.79 Å². The molecule has 4 rings (SSSR count). The molecule has 1 fully saturated rings. The summed E-state index contributed by atoms with van der Waals surface area (Å²) in [7, 11) is 1.58. The van der Waals surface area contributed by atoms with Crippen LogP contribution in [0.2, 0.25) is 5.02 Å². The lowest BCUT2D eigenvalue weighted by Crippen LogP contribution is -2.24. The molecule has 3 aromatic rings. The summed E-state index contributed by atoms with van der Waals surface area (Å²) >= 11 is 6.23. The van der Waals surface area contributed by atoms with E-state index in [1.54, 1.807) is 36.3 Å². The number of nitrogens with zero attached hydrogens (tertiary/aromatic N) is 2. The average Bonchev–Trinajstić information content (AvgIpc) is 3.41. The van der Waals surface area contributed by atoms with Crippen molar-refractivity contribution >= 4 is 29.2 Å². The van der Waals surface area contributed by atoms with Crippen LogP contribution in [0, 0.1) is 0 Å². The number of hydrogen-bond acceptors (Lipinski definition) is 6. The first-order valence-corrected chi connectivity index (χ1v) is 9.80. The van der Waals surface area contributed by atoms with Crippen LogP contribution in [0.15, 0.2) is 53.1 Å². The molecule has 1 aliphatic heterocycles.